The predicted octanol–water partition coefficient (Wildman–Crippen LogP) is 4.81. The van der Waals surface area contributed by atoms with E-state index in [2.05, 4.69) is 45.0 Å². The fraction of sp³-hybridized carbons (Fsp3) is 0.588. The van der Waals surface area contributed by atoms with Crippen LogP contribution >= 0.6 is 11.8 Å². The van der Waals surface area contributed by atoms with Crippen LogP contribution in [0.2, 0.25) is 0 Å². The number of hydrogen-bond donors (Lipinski definition) is 0. The smallest absolute Gasteiger partial charge is 0.319 e. The largest absolute Gasteiger partial charge is 0.459 e. The average molecular weight is 294 g/mol. The van der Waals surface area contributed by atoms with E-state index < -0.39 is 5.60 Å². The molecule has 0 aromatic heterocycles. The van der Waals surface area contributed by atoms with Gasteiger partial charge in [0.25, 0.3) is 0 Å². The molecule has 1 rings (SSSR count). The number of esters is 1. The van der Waals surface area contributed by atoms with Gasteiger partial charge in [0.2, 0.25) is 0 Å². The molecule has 1 atom stereocenters. The zero-order chi connectivity index (χ0) is 15.6. The van der Waals surface area contributed by atoms with Crippen LogP contribution in [-0.4, -0.2) is 16.8 Å². The minimum Gasteiger partial charge on any atom is -0.459 e. The monoisotopic (exact) mass is 294 g/mol. The molecule has 0 saturated carbocycles. The SMILES string of the molecule is CC(Sc1ccc(C(C)(C)C)cc1)C(=O)OC(C)(C)C. The van der Waals surface area contributed by atoms with Crippen LogP contribution in [-0.2, 0) is 14.9 Å². The minimum absolute atomic E-state index is 0.153. The summed E-state index contributed by atoms with van der Waals surface area (Å²) in [5.41, 5.74) is 1.02. The molecule has 3 heteroatoms. The third-order valence-corrected chi connectivity index (χ3v) is 3.86. The molecule has 2 nitrogen and oxygen atoms in total. The molecule has 0 heterocycles. The summed E-state index contributed by atoms with van der Waals surface area (Å²) < 4.78 is 5.39. The molecule has 0 saturated heterocycles. The molecule has 0 aliphatic rings. The Kier molecular flexibility index (Phi) is 5.31. The van der Waals surface area contributed by atoms with Crippen LogP contribution in [0, 0.1) is 0 Å². The van der Waals surface area contributed by atoms with Gasteiger partial charge in [-0.25, -0.2) is 0 Å². The van der Waals surface area contributed by atoms with E-state index >= 15 is 0 Å². The van der Waals surface area contributed by atoms with Gasteiger partial charge in [-0.15, -0.1) is 11.8 Å². The topological polar surface area (TPSA) is 26.3 Å². The first kappa shape index (κ1) is 17.1. The van der Waals surface area contributed by atoms with Gasteiger partial charge in [0.1, 0.15) is 10.9 Å². The van der Waals surface area contributed by atoms with Crippen LogP contribution in [0.4, 0.5) is 0 Å². The van der Waals surface area contributed by atoms with E-state index in [0.717, 1.165) is 4.90 Å². The van der Waals surface area contributed by atoms with Crippen molar-refractivity contribution < 1.29 is 9.53 Å². The highest BCUT2D eigenvalue weighted by Gasteiger charge is 2.22. The highest BCUT2D eigenvalue weighted by Crippen LogP contribution is 2.28. The quantitative estimate of drug-likeness (QED) is 0.591. The Morgan fingerprint density at radius 1 is 1.05 bits per heavy atom. The normalized spacial score (nSPS) is 13.9. The maximum absolute atomic E-state index is 11.9. The van der Waals surface area contributed by atoms with Gasteiger partial charge in [0.15, 0.2) is 0 Å². The summed E-state index contributed by atoms with van der Waals surface area (Å²) >= 11 is 1.54. The van der Waals surface area contributed by atoms with Crippen molar-refractivity contribution in [2.45, 2.75) is 69.6 Å². The zero-order valence-corrected chi connectivity index (χ0v) is 14.4. The third-order valence-electron chi connectivity index (χ3n) is 2.77. The zero-order valence-electron chi connectivity index (χ0n) is 13.6. The second-order valence-electron chi connectivity index (χ2n) is 7.07. The highest BCUT2D eigenvalue weighted by molar-refractivity contribution is 8.00. The lowest BCUT2D eigenvalue weighted by Gasteiger charge is -2.22. The second-order valence-corrected chi connectivity index (χ2v) is 8.48. The minimum atomic E-state index is -0.429. The Morgan fingerprint density at radius 2 is 1.55 bits per heavy atom. The van der Waals surface area contributed by atoms with Crippen LogP contribution in [0.15, 0.2) is 29.2 Å². The first-order valence-corrected chi connectivity index (χ1v) is 7.87. The Bertz CT molecular complexity index is 449. The Balaban J connectivity index is 2.67. The fourth-order valence-electron chi connectivity index (χ4n) is 1.67. The molecule has 0 amide bonds. The molecule has 0 spiro atoms. The standard InChI is InChI=1S/C17H26O2S/c1-12(15(18)19-17(5,6)7)20-14-10-8-13(9-11-14)16(2,3)4/h8-12H,1-7H3. The number of thioether (sulfide) groups is 1. The molecule has 0 bridgehead atoms. The van der Waals surface area contributed by atoms with Crippen molar-refractivity contribution in [3.8, 4) is 0 Å². The number of benzene rings is 1. The number of carbonyl (C=O) groups excluding carboxylic acids is 1. The van der Waals surface area contributed by atoms with Gasteiger partial charge in [-0.05, 0) is 50.8 Å². The molecule has 1 unspecified atom stereocenters. The van der Waals surface area contributed by atoms with Crippen LogP contribution in [0.1, 0.15) is 54.0 Å². The van der Waals surface area contributed by atoms with E-state index in [1.165, 1.54) is 17.3 Å². The average Bonchev–Trinajstić information content (AvgIpc) is 2.26. The van der Waals surface area contributed by atoms with Crippen molar-refractivity contribution in [3.05, 3.63) is 29.8 Å². The van der Waals surface area contributed by atoms with Crippen LogP contribution in [0.3, 0.4) is 0 Å². The van der Waals surface area contributed by atoms with Crippen LogP contribution in [0.25, 0.3) is 0 Å². The lowest BCUT2D eigenvalue weighted by atomic mass is 9.87. The van der Waals surface area contributed by atoms with Crippen LogP contribution < -0.4 is 0 Å². The van der Waals surface area contributed by atoms with Gasteiger partial charge >= 0.3 is 5.97 Å². The molecule has 0 N–H and O–H groups in total. The fourth-order valence-corrected chi connectivity index (χ4v) is 2.52. The molecule has 0 aliphatic carbocycles. The number of ether oxygens (including phenoxy) is 1. The predicted molar refractivity (Wildman–Crippen MR) is 86.3 cm³/mol. The van der Waals surface area contributed by atoms with Crippen molar-refractivity contribution in [3.63, 3.8) is 0 Å². The summed E-state index contributed by atoms with van der Waals surface area (Å²) in [6, 6.07) is 8.41. The van der Waals surface area contributed by atoms with Crippen molar-refractivity contribution in [2.24, 2.45) is 0 Å². The third kappa shape index (κ3) is 5.58. The maximum Gasteiger partial charge on any atom is 0.319 e. The van der Waals surface area contributed by atoms with Crippen molar-refractivity contribution >= 4 is 17.7 Å². The van der Waals surface area contributed by atoms with Gasteiger partial charge < -0.3 is 4.74 Å². The van der Waals surface area contributed by atoms with Gasteiger partial charge in [-0.1, -0.05) is 32.9 Å². The van der Waals surface area contributed by atoms with Crippen LogP contribution in [0.5, 0.6) is 0 Å². The summed E-state index contributed by atoms with van der Waals surface area (Å²) in [6.45, 7) is 14.1. The van der Waals surface area contributed by atoms with Crippen molar-refractivity contribution in [1.82, 2.24) is 0 Å². The first-order chi connectivity index (χ1) is 8.99. The van der Waals surface area contributed by atoms with Gasteiger partial charge in [0, 0.05) is 4.90 Å². The van der Waals surface area contributed by atoms with E-state index in [0.29, 0.717) is 0 Å². The molecule has 112 valence electrons. The lowest BCUT2D eigenvalue weighted by molar-refractivity contribution is -0.153. The summed E-state index contributed by atoms with van der Waals surface area (Å²) in [6.07, 6.45) is 0. The second kappa shape index (κ2) is 6.21. The van der Waals surface area contributed by atoms with Gasteiger partial charge in [0.05, 0.1) is 0 Å². The molecule has 0 aliphatic heterocycles. The molecule has 0 fully saturated rings. The maximum atomic E-state index is 11.9. The number of rotatable bonds is 3. The summed E-state index contributed by atoms with van der Waals surface area (Å²) in [7, 11) is 0. The van der Waals surface area contributed by atoms with Crippen molar-refractivity contribution in [1.29, 1.82) is 0 Å². The molecular weight excluding hydrogens is 268 g/mol. The Hall–Kier alpha value is -0.960. The Labute approximate surface area is 127 Å². The van der Waals surface area contributed by atoms with Gasteiger partial charge in [-0.3, -0.25) is 4.79 Å². The van der Waals surface area contributed by atoms with E-state index in [4.69, 9.17) is 4.74 Å². The van der Waals surface area contributed by atoms with E-state index in [1.54, 1.807) is 0 Å². The van der Waals surface area contributed by atoms with E-state index in [1.807, 2.05) is 27.7 Å². The number of carbonyl (C=O) groups is 1. The number of hydrogen-bond acceptors (Lipinski definition) is 3. The first-order valence-electron chi connectivity index (χ1n) is 6.99. The molecule has 0 radical (unpaired) electrons. The van der Waals surface area contributed by atoms with Gasteiger partial charge in [-0.2, -0.15) is 0 Å². The molecule has 20 heavy (non-hydrogen) atoms. The summed E-state index contributed by atoms with van der Waals surface area (Å²) in [5.74, 6) is -0.164. The molecular formula is C17H26O2S. The van der Waals surface area contributed by atoms with E-state index in [-0.39, 0.29) is 16.6 Å². The lowest BCUT2D eigenvalue weighted by Crippen LogP contribution is -2.28. The van der Waals surface area contributed by atoms with E-state index in [9.17, 15) is 4.79 Å². The molecule has 1 aromatic rings. The molecule has 1 aromatic carbocycles. The highest BCUT2D eigenvalue weighted by atomic mass is 32.2. The van der Waals surface area contributed by atoms with Crippen molar-refractivity contribution in [2.75, 3.05) is 0 Å². The Morgan fingerprint density at radius 3 is 1.95 bits per heavy atom. The summed E-state index contributed by atoms with van der Waals surface area (Å²) in [4.78, 5) is 13.0. The summed E-state index contributed by atoms with van der Waals surface area (Å²) in [5, 5.41) is -0.199.